The molecule has 0 saturated carbocycles. The predicted molar refractivity (Wildman–Crippen MR) is 62.9 cm³/mol. The molecule has 0 aliphatic rings. The summed E-state index contributed by atoms with van der Waals surface area (Å²) in [5.74, 6) is 1.56. The van der Waals surface area contributed by atoms with Gasteiger partial charge in [0.2, 0.25) is 0 Å². The smallest absolute Gasteiger partial charge is 0.180 e. The lowest BCUT2D eigenvalue weighted by atomic mass is 10.3. The van der Waals surface area contributed by atoms with Gasteiger partial charge in [-0.1, -0.05) is 0 Å². The first kappa shape index (κ1) is 11.4. The fraction of sp³-hybridized carbons (Fsp3) is 0.273. The van der Waals surface area contributed by atoms with Gasteiger partial charge in [-0.2, -0.15) is 0 Å². The third-order valence-electron chi connectivity index (χ3n) is 2.10. The number of methoxy groups -OCH3 is 1. The van der Waals surface area contributed by atoms with Crippen LogP contribution in [0, 0.1) is 6.92 Å². The van der Waals surface area contributed by atoms with Crippen LogP contribution < -0.4 is 5.73 Å². The van der Waals surface area contributed by atoms with E-state index in [4.69, 9.17) is 10.5 Å². The monoisotopic (exact) mass is 231 g/mol. The molecule has 6 heteroatoms. The maximum Gasteiger partial charge on any atom is 0.180 e. The maximum atomic E-state index is 5.72. The van der Waals surface area contributed by atoms with Crippen LogP contribution >= 0.6 is 0 Å². The Kier molecular flexibility index (Phi) is 3.24. The molecule has 0 radical (unpaired) electrons. The summed E-state index contributed by atoms with van der Waals surface area (Å²) in [6.45, 7) is 2.20. The van der Waals surface area contributed by atoms with Crippen molar-refractivity contribution >= 4 is 5.82 Å². The number of nitrogen functional groups attached to an aromatic ring is 1. The van der Waals surface area contributed by atoms with E-state index < -0.39 is 0 Å². The van der Waals surface area contributed by atoms with Crippen molar-refractivity contribution in [2.75, 3.05) is 12.8 Å². The molecule has 0 aromatic carbocycles. The molecule has 0 bridgehead atoms. The standard InChI is InChI=1S/C11H13N5O/c1-7-13-4-3-9(14-7)11-15-8(6-17-2)5-10(12)16-11/h3-5H,6H2,1-2H3,(H2,12,15,16). The van der Waals surface area contributed by atoms with Gasteiger partial charge in [0.05, 0.1) is 12.3 Å². The quantitative estimate of drug-likeness (QED) is 0.847. The van der Waals surface area contributed by atoms with E-state index in [1.165, 1.54) is 0 Å². The van der Waals surface area contributed by atoms with E-state index in [0.717, 1.165) is 5.69 Å². The predicted octanol–water partition coefficient (Wildman–Crippen LogP) is 0.971. The second kappa shape index (κ2) is 4.84. The van der Waals surface area contributed by atoms with Crippen molar-refractivity contribution in [2.24, 2.45) is 0 Å². The van der Waals surface area contributed by atoms with Crippen molar-refractivity contribution in [3.05, 3.63) is 29.8 Å². The summed E-state index contributed by atoms with van der Waals surface area (Å²) < 4.78 is 5.02. The Morgan fingerprint density at radius 3 is 2.82 bits per heavy atom. The van der Waals surface area contributed by atoms with E-state index >= 15 is 0 Å². The maximum absolute atomic E-state index is 5.72. The zero-order chi connectivity index (χ0) is 12.3. The molecule has 2 N–H and O–H groups in total. The summed E-state index contributed by atoms with van der Waals surface area (Å²) in [6.07, 6.45) is 1.67. The Balaban J connectivity index is 2.44. The number of rotatable bonds is 3. The van der Waals surface area contributed by atoms with Crippen molar-refractivity contribution in [1.29, 1.82) is 0 Å². The first-order valence-electron chi connectivity index (χ1n) is 5.11. The fourth-order valence-electron chi connectivity index (χ4n) is 1.44. The molecule has 6 nitrogen and oxygen atoms in total. The highest BCUT2D eigenvalue weighted by Crippen LogP contribution is 2.14. The van der Waals surface area contributed by atoms with Crippen LogP contribution in [0.5, 0.6) is 0 Å². The molecule has 2 heterocycles. The van der Waals surface area contributed by atoms with Crippen LogP contribution in [0.2, 0.25) is 0 Å². The van der Waals surface area contributed by atoms with E-state index in [1.54, 1.807) is 25.4 Å². The highest BCUT2D eigenvalue weighted by atomic mass is 16.5. The second-order valence-electron chi connectivity index (χ2n) is 3.53. The van der Waals surface area contributed by atoms with Gasteiger partial charge in [-0.25, -0.2) is 19.9 Å². The van der Waals surface area contributed by atoms with Gasteiger partial charge in [-0.3, -0.25) is 0 Å². The van der Waals surface area contributed by atoms with E-state index in [0.29, 0.717) is 29.8 Å². The van der Waals surface area contributed by atoms with E-state index in [9.17, 15) is 0 Å². The molecule has 17 heavy (non-hydrogen) atoms. The van der Waals surface area contributed by atoms with Crippen LogP contribution in [0.1, 0.15) is 11.5 Å². The molecular formula is C11H13N5O. The number of aromatic nitrogens is 4. The van der Waals surface area contributed by atoms with Crippen LogP contribution in [-0.2, 0) is 11.3 Å². The van der Waals surface area contributed by atoms with Crippen LogP contribution in [0.25, 0.3) is 11.5 Å². The molecular weight excluding hydrogens is 218 g/mol. The molecule has 0 saturated heterocycles. The number of hydrogen-bond acceptors (Lipinski definition) is 6. The SMILES string of the molecule is COCc1cc(N)nc(-c2ccnc(C)n2)n1. The number of ether oxygens (including phenoxy) is 1. The molecule has 0 spiro atoms. The Bertz CT molecular complexity index is 529. The normalized spacial score (nSPS) is 10.5. The average Bonchev–Trinajstić information content (AvgIpc) is 2.28. The third-order valence-corrected chi connectivity index (χ3v) is 2.10. The zero-order valence-electron chi connectivity index (χ0n) is 9.71. The van der Waals surface area contributed by atoms with Crippen LogP contribution in [0.15, 0.2) is 18.3 Å². The van der Waals surface area contributed by atoms with Gasteiger partial charge in [0, 0.05) is 19.4 Å². The van der Waals surface area contributed by atoms with Gasteiger partial charge in [0.1, 0.15) is 17.3 Å². The zero-order valence-corrected chi connectivity index (χ0v) is 9.71. The highest BCUT2D eigenvalue weighted by Gasteiger charge is 2.07. The Morgan fingerprint density at radius 1 is 1.29 bits per heavy atom. The third kappa shape index (κ3) is 2.73. The minimum absolute atomic E-state index is 0.393. The largest absolute Gasteiger partial charge is 0.384 e. The van der Waals surface area contributed by atoms with Crippen LogP contribution in [0.3, 0.4) is 0 Å². The Labute approximate surface area is 98.9 Å². The van der Waals surface area contributed by atoms with Crippen molar-refractivity contribution in [3.8, 4) is 11.5 Å². The molecule has 0 atom stereocenters. The Hall–Kier alpha value is -2.08. The molecule has 2 aromatic rings. The topological polar surface area (TPSA) is 86.8 Å². The Morgan fingerprint density at radius 2 is 2.12 bits per heavy atom. The lowest BCUT2D eigenvalue weighted by Crippen LogP contribution is -2.03. The number of nitrogens with two attached hydrogens (primary N) is 1. The van der Waals surface area contributed by atoms with E-state index in [1.807, 2.05) is 6.92 Å². The van der Waals surface area contributed by atoms with Gasteiger partial charge in [0.25, 0.3) is 0 Å². The number of hydrogen-bond donors (Lipinski definition) is 1. The molecule has 0 aliphatic heterocycles. The molecule has 2 rings (SSSR count). The number of aryl methyl sites for hydroxylation is 1. The van der Waals surface area contributed by atoms with Crippen molar-refractivity contribution < 1.29 is 4.74 Å². The lowest BCUT2D eigenvalue weighted by Gasteiger charge is -2.04. The highest BCUT2D eigenvalue weighted by molar-refractivity contribution is 5.51. The van der Waals surface area contributed by atoms with Crippen molar-refractivity contribution in [2.45, 2.75) is 13.5 Å². The minimum Gasteiger partial charge on any atom is -0.384 e. The number of nitrogens with zero attached hydrogens (tertiary/aromatic N) is 4. The molecule has 0 amide bonds. The number of anilines is 1. The van der Waals surface area contributed by atoms with E-state index in [2.05, 4.69) is 19.9 Å². The first-order valence-corrected chi connectivity index (χ1v) is 5.11. The van der Waals surface area contributed by atoms with Crippen molar-refractivity contribution in [3.63, 3.8) is 0 Å². The van der Waals surface area contributed by atoms with Gasteiger partial charge < -0.3 is 10.5 Å². The van der Waals surface area contributed by atoms with Gasteiger partial charge in [-0.05, 0) is 13.0 Å². The molecule has 0 aliphatic carbocycles. The van der Waals surface area contributed by atoms with Gasteiger partial charge in [0.15, 0.2) is 5.82 Å². The summed E-state index contributed by atoms with van der Waals surface area (Å²) >= 11 is 0. The summed E-state index contributed by atoms with van der Waals surface area (Å²) in [5, 5.41) is 0. The van der Waals surface area contributed by atoms with E-state index in [-0.39, 0.29) is 0 Å². The summed E-state index contributed by atoms with van der Waals surface area (Å²) in [5.41, 5.74) is 7.10. The molecule has 88 valence electrons. The van der Waals surface area contributed by atoms with Crippen molar-refractivity contribution in [1.82, 2.24) is 19.9 Å². The second-order valence-corrected chi connectivity index (χ2v) is 3.53. The summed E-state index contributed by atoms with van der Waals surface area (Å²) in [4.78, 5) is 16.8. The summed E-state index contributed by atoms with van der Waals surface area (Å²) in [6, 6.07) is 3.43. The van der Waals surface area contributed by atoms with Gasteiger partial charge >= 0.3 is 0 Å². The van der Waals surface area contributed by atoms with Crippen LogP contribution in [0.4, 0.5) is 5.82 Å². The van der Waals surface area contributed by atoms with Gasteiger partial charge in [-0.15, -0.1) is 0 Å². The van der Waals surface area contributed by atoms with Crippen LogP contribution in [-0.4, -0.2) is 27.0 Å². The first-order chi connectivity index (χ1) is 8.19. The fourth-order valence-corrected chi connectivity index (χ4v) is 1.44. The lowest BCUT2D eigenvalue weighted by molar-refractivity contribution is 0.181. The minimum atomic E-state index is 0.393. The molecule has 2 aromatic heterocycles. The average molecular weight is 231 g/mol. The molecule has 0 fully saturated rings. The molecule has 0 unspecified atom stereocenters. The summed E-state index contributed by atoms with van der Waals surface area (Å²) in [7, 11) is 1.60.